The Morgan fingerprint density at radius 1 is 1.46 bits per heavy atom. The van der Waals surface area contributed by atoms with Crippen LogP contribution in [0.25, 0.3) is 0 Å². The lowest BCUT2D eigenvalue weighted by Crippen LogP contribution is -2.24. The van der Waals surface area contributed by atoms with Crippen molar-refractivity contribution in [2.45, 2.75) is 12.8 Å². The monoisotopic (exact) mass is 178 g/mol. The first-order chi connectivity index (χ1) is 6.40. The molecule has 0 saturated heterocycles. The molecule has 1 aromatic rings. The molecule has 0 aliphatic carbocycles. The molecule has 1 aliphatic rings. The van der Waals surface area contributed by atoms with Gasteiger partial charge in [0.15, 0.2) is 0 Å². The molecule has 2 rings (SSSR count). The van der Waals surface area contributed by atoms with Crippen LogP contribution in [0.3, 0.4) is 0 Å². The van der Waals surface area contributed by atoms with Crippen LogP contribution in [0.5, 0.6) is 5.75 Å². The third kappa shape index (κ3) is 1.82. The van der Waals surface area contributed by atoms with Gasteiger partial charge in [0, 0.05) is 13.0 Å². The van der Waals surface area contributed by atoms with Crippen LogP contribution in [0.1, 0.15) is 11.1 Å². The van der Waals surface area contributed by atoms with Crippen LogP contribution in [-0.2, 0) is 12.8 Å². The highest BCUT2D eigenvalue weighted by molar-refractivity contribution is 5.39. The Labute approximate surface area is 77.9 Å². The fourth-order valence-corrected chi connectivity index (χ4v) is 1.61. The quantitative estimate of drug-likeness (QED) is 0.527. The van der Waals surface area contributed by atoms with Crippen molar-refractivity contribution in [3.05, 3.63) is 29.3 Å². The first-order valence-electron chi connectivity index (χ1n) is 4.58. The second-order valence-corrected chi connectivity index (χ2v) is 3.24. The zero-order valence-corrected chi connectivity index (χ0v) is 7.55. The SMILES string of the molecule is NNCCc1ccc2c(c1)CCO2. The van der Waals surface area contributed by atoms with Crippen molar-refractivity contribution in [2.24, 2.45) is 5.84 Å². The third-order valence-electron chi connectivity index (χ3n) is 2.31. The fraction of sp³-hybridized carbons (Fsp3) is 0.400. The normalized spacial score (nSPS) is 13.9. The lowest BCUT2D eigenvalue weighted by molar-refractivity contribution is 0.357. The van der Waals surface area contributed by atoms with E-state index in [-0.39, 0.29) is 0 Å². The van der Waals surface area contributed by atoms with Crippen LogP contribution in [-0.4, -0.2) is 13.2 Å². The predicted octanol–water partition coefficient (Wildman–Crippen LogP) is 0.627. The highest BCUT2D eigenvalue weighted by Crippen LogP contribution is 2.25. The average molecular weight is 178 g/mol. The van der Waals surface area contributed by atoms with Crippen molar-refractivity contribution in [1.29, 1.82) is 0 Å². The van der Waals surface area contributed by atoms with Crippen LogP contribution >= 0.6 is 0 Å². The van der Waals surface area contributed by atoms with Gasteiger partial charge in [0.05, 0.1) is 6.61 Å². The minimum Gasteiger partial charge on any atom is -0.493 e. The summed E-state index contributed by atoms with van der Waals surface area (Å²) in [7, 11) is 0. The first-order valence-corrected chi connectivity index (χ1v) is 4.58. The van der Waals surface area contributed by atoms with Crippen molar-refractivity contribution in [3.63, 3.8) is 0 Å². The van der Waals surface area contributed by atoms with Gasteiger partial charge in [-0.15, -0.1) is 0 Å². The number of nitrogens with one attached hydrogen (secondary N) is 1. The summed E-state index contributed by atoms with van der Waals surface area (Å²) in [5, 5.41) is 0. The second-order valence-electron chi connectivity index (χ2n) is 3.24. The maximum absolute atomic E-state index is 5.42. The Kier molecular flexibility index (Phi) is 2.47. The van der Waals surface area contributed by atoms with Gasteiger partial charge in [-0.3, -0.25) is 11.3 Å². The van der Waals surface area contributed by atoms with Crippen LogP contribution in [0.2, 0.25) is 0 Å². The van der Waals surface area contributed by atoms with E-state index in [1.807, 2.05) is 6.07 Å². The van der Waals surface area contributed by atoms with Crippen molar-refractivity contribution in [2.75, 3.05) is 13.2 Å². The lowest BCUT2D eigenvalue weighted by Gasteiger charge is -2.03. The third-order valence-corrected chi connectivity index (χ3v) is 2.31. The Balaban J connectivity index is 2.12. The van der Waals surface area contributed by atoms with Crippen molar-refractivity contribution in [3.8, 4) is 5.75 Å². The fourth-order valence-electron chi connectivity index (χ4n) is 1.61. The maximum atomic E-state index is 5.42. The van der Waals surface area contributed by atoms with E-state index >= 15 is 0 Å². The second kappa shape index (κ2) is 3.77. The molecule has 70 valence electrons. The topological polar surface area (TPSA) is 47.3 Å². The summed E-state index contributed by atoms with van der Waals surface area (Å²) in [4.78, 5) is 0. The molecule has 1 aromatic carbocycles. The van der Waals surface area contributed by atoms with Gasteiger partial charge >= 0.3 is 0 Å². The van der Waals surface area contributed by atoms with Crippen LogP contribution in [0.4, 0.5) is 0 Å². The van der Waals surface area contributed by atoms with Crippen molar-refractivity contribution < 1.29 is 4.74 Å². The molecule has 0 unspecified atom stereocenters. The molecular formula is C10H14N2O. The summed E-state index contributed by atoms with van der Waals surface area (Å²) in [5.74, 6) is 6.26. The van der Waals surface area contributed by atoms with Gasteiger partial charge in [-0.25, -0.2) is 0 Å². The number of hydrogen-bond donors (Lipinski definition) is 2. The molecule has 1 aliphatic heterocycles. The Bertz CT molecular complexity index is 299. The summed E-state index contributed by atoms with van der Waals surface area (Å²) < 4.78 is 5.42. The standard InChI is InChI=1S/C10H14N2O/c11-12-5-3-8-1-2-10-9(7-8)4-6-13-10/h1-2,7,12H,3-6,11H2. The summed E-state index contributed by atoms with van der Waals surface area (Å²) in [6.45, 7) is 1.65. The van der Waals surface area contributed by atoms with E-state index in [1.54, 1.807) is 0 Å². The highest BCUT2D eigenvalue weighted by Gasteiger charge is 2.11. The molecule has 0 fully saturated rings. The maximum Gasteiger partial charge on any atom is 0.122 e. The number of hydrogen-bond acceptors (Lipinski definition) is 3. The molecule has 0 atom stereocenters. The van der Waals surface area contributed by atoms with E-state index in [2.05, 4.69) is 17.6 Å². The number of hydrazine groups is 1. The number of nitrogens with two attached hydrogens (primary N) is 1. The Hall–Kier alpha value is -1.06. The van der Waals surface area contributed by atoms with Crippen LogP contribution in [0, 0.1) is 0 Å². The van der Waals surface area contributed by atoms with Crippen LogP contribution in [0.15, 0.2) is 18.2 Å². The van der Waals surface area contributed by atoms with Gasteiger partial charge < -0.3 is 4.74 Å². The van der Waals surface area contributed by atoms with Gasteiger partial charge in [0.2, 0.25) is 0 Å². The number of fused-ring (bicyclic) bond motifs is 1. The van der Waals surface area contributed by atoms with Gasteiger partial charge in [-0.05, 0) is 23.6 Å². The van der Waals surface area contributed by atoms with E-state index in [0.717, 1.165) is 31.7 Å². The minimum absolute atomic E-state index is 0.819. The molecule has 0 saturated carbocycles. The summed E-state index contributed by atoms with van der Waals surface area (Å²) in [6, 6.07) is 6.36. The van der Waals surface area contributed by atoms with Crippen molar-refractivity contribution >= 4 is 0 Å². The van der Waals surface area contributed by atoms with E-state index in [0.29, 0.717) is 0 Å². The number of rotatable bonds is 3. The molecule has 13 heavy (non-hydrogen) atoms. The predicted molar refractivity (Wildman–Crippen MR) is 51.5 cm³/mol. The molecule has 0 radical (unpaired) electrons. The Morgan fingerprint density at radius 2 is 2.38 bits per heavy atom. The summed E-state index contributed by atoms with van der Waals surface area (Å²) >= 11 is 0. The van der Waals surface area contributed by atoms with Gasteiger partial charge in [0.25, 0.3) is 0 Å². The molecule has 0 bridgehead atoms. The first kappa shape index (κ1) is 8.53. The van der Waals surface area contributed by atoms with E-state index in [4.69, 9.17) is 10.6 Å². The summed E-state index contributed by atoms with van der Waals surface area (Å²) in [5.41, 5.74) is 5.30. The molecule has 0 aromatic heterocycles. The van der Waals surface area contributed by atoms with E-state index in [9.17, 15) is 0 Å². The van der Waals surface area contributed by atoms with Gasteiger partial charge in [-0.2, -0.15) is 0 Å². The number of benzene rings is 1. The smallest absolute Gasteiger partial charge is 0.122 e. The highest BCUT2D eigenvalue weighted by atomic mass is 16.5. The molecule has 0 spiro atoms. The summed E-state index contributed by atoms with van der Waals surface area (Å²) in [6.07, 6.45) is 2.02. The zero-order chi connectivity index (χ0) is 9.10. The molecular weight excluding hydrogens is 164 g/mol. The van der Waals surface area contributed by atoms with E-state index < -0.39 is 0 Å². The molecule has 1 heterocycles. The van der Waals surface area contributed by atoms with Gasteiger partial charge in [-0.1, -0.05) is 12.1 Å². The van der Waals surface area contributed by atoms with E-state index in [1.165, 1.54) is 11.1 Å². The minimum atomic E-state index is 0.819. The van der Waals surface area contributed by atoms with Crippen molar-refractivity contribution in [1.82, 2.24) is 5.43 Å². The zero-order valence-electron chi connectivity index (χ0n) is 7.55. The number of ether oxygens (including phenoxy) is 1. The van der Waals surface area contributed by atoms with Gasteiger partial charge in [0.1, 0.15) is 5.75 Å². The Morgan fingerprint density at radius 3 is 3.23 bits per heavy atom. The molecule has 3 heteroatoms. The largest absolute Gasteiger partial charge is 0.493 e. The van der Waals surface area contributed by atoms with Crippen LogP contribution < -0.4 is 16.0 Å². The molecule has 3 N–H and O–H groups in total. The molecule has 3 nitrogen and oxygen atoms in total. The molecule has 0 amide bonds. The lowest BCUT2D eigenvalue weighted by atomic mass is 10.1. The average Bonchev–Trinajstić information content (AvgIpc) is 2.61.